The van der Waals surface area contributed by atoms with Gasteiger partial charge >= 0.3 is 0 Å². The maximum atomic E-state index is 12.6. The lowest BCUT2D eigenvalue weighted by molar-refractivity contribution is -0.135. The van der Waals surface area contributed by atoms with Gasteiger partial charge in [0.2, 0.25) is 5.91 Å². The van der Waals surface area contributed by atoms with Gasteiger partial charge in [0.15, 0.2) is 5.96 Å². The van der Waals surface area contributed by atoms with Gasteiger partial charge in [0.1, 0.15) is 0 Å². The molecule has 0 aromatic heterocycles. The number of guanidine groups is 1. The number of amides is 1. The predicted molar refractivity (Wildman–Crippen MR) is 109 cm³/mol. The zero-order valence-corrected chi connectivity index (χ0v) is 17.3. The van der Waals surface area contributed by atoms with Crippen LogP contribution in [0.3, 0.4) is 0 Å². The Morgan fingerprint density at radius 1 is 1.12 bits per heavy atom. The van der Waals surface area contributed by atoms with Crippen LogP contribution in [0.4, 0.5) is 0 Å². The van der Waals surface area contributed by atoms with Gasteiger partial charge in [-0.15, -0.1) is 24.0 Å². The number of carbonyl (C=O) groups excluding carboxylic acids is 1. The van der Waals surface area contributed by atoms with E-state index in [9.17, 15) is 4.79 Å². The second-order valence-electron chi connectivity index (χ2n) is 7.41. The predicted octanol–water partition coefficient (Wildman–Crippen LogP) is 2.75. The monoisotopic (exact) mass is 448 g/mol. The summed E-state index contributed by atoms with van der Waals surface area (Å²) in [5, 5.41) is 6.87. The third kappa shape index (κ3) is 5.77. The van der Waals surface area contributed by atoms with Crippen LogP contribution in [0.5, 0.6) is 0 Å². The summed E-state index contributed by atoms with van der Waals surface area (Å²) in [6, 6.07) is 0.347. The van der Waals surface area contributed by atoms with E-state index in [2.05, 4.69) is 27.4 Å². The van der Waals surface area contributed by atoms with E-state index < -0.39 is 0 Å². The van der Waals surface area contributed by atoms with E-state index in [1.165, 1.54) is 32.1 Å². The fourth-order valence-corrected chi connectivity index (χ4v) is 3.72. The molecule has 0 radical (unpaired) electrons. The Bertz CT molecular complexity index is 433. The van der Waals surface area contributed by atoms with Gasteiger partial charge in [0, 0.05) is 38.1 Å². The molecular formula is C18H33IN4O. The Balaban J connectivity index is 0.00000208. The molecule has 0 aromatic carbocycles. The summed E-state index contributed by atoms with van der Waals surface area (Å²) in [4.78, 5) is 19.4. The molecule has 1 saturated heterocycles. The van der Waals surface area contributed by atoms with Gasteiger partial charge in [-0.05, 0) is 44.9 Å². The highest BCUT2D eigenvalue weighted by atomic mass is 127. The first-order chi connectivity index (χ1) is 11.3. The van der Waals surface area contributed by atoms with Gasteiger partial charge in [0.25, 0.3) is 0 Å². The first-order valence-corrected chi connectivity index (χ1v) is 9.60. The SMILES string of the molecule is CCNC(=NCC1CC1)NC1CCN(C(=O)C2CCCCC2)C1.I. The highest BCUT2D eigenvalue weighted by Gasteiger charge is 2.31. The lowest BCUT2D eigenvalue weighted by Gasteiger charge is -2.26. The first-order valence-electron chi connectivity index (χ1n) is 9.60. The number of likely N-dealkylation sites (tertiary alicyclic amines) is 1. The van der Waals surface area contributed by atoms with Crippen LogP contribution >= 0.6 is 24.0 Å². The van der Waals surface area contributed by atoms with Crippen LogP contribution in [0.25, 0.3) is 0 Å². The van der Waals surface area contributed by atoms with Crippen LogP contribution in [-0.4, -0.2) is 49.0 Å². The van der Waals surface area contributed by atoms with E-state index in [1.54, 1.807) is 0 Å². The molecule has 0 aromatic rings. The molecule has 1 atom stereocenters. The highest BCUT2D eigenvalue weighted by molar-refractivity contribution is 14.0. The fourth-order valence-electron chi connectivity index (χ4n) is 3.72. The largest absolute Gasteiger partial charge is 0.357 e. The summed E-state index contributed by atoms with van der Waals surface area (Å²) in [5.74, 6) is 2.42. The molecule has 3 rings (SSSR count). The quantitative estimate of drug-likeness (QED) is 0.387. The van der Waals surface area contributed by atoms with Crippen molar-refractivity contribution in [1.29, 1.82) is 0 Å². The molecule has 1 aliphatic heterocycles. The van der Waals surface area contributed by atoms with Gasteiger partial charge in [0.05, 0.1) is 0 Å². The lowest BCUT2D eigenvalue weighted by Crippen LogP contribution is -2.45. The Morgan fingerprint density at radius 3 is 2.54 bits per heavy atom. The molecule has 2 aliphatic carbocycles. The molecule has 6 heteroatoms. The average Bonchev–Trinajstić information content (AvgIpc) is 3.30. The molecule has 5 nitrogen and oxygen atoms in total. The van der Waals surface area contributed by atoms with Gasteiger partial charge in [-0.1, -0.05) is 19.3 Å². The van der Waals surface area contributed by atoms with E-state index >= 15 is 0 Å². The number of nitrogens with one attached hydrogen (secondary N) is 2. The van der Waals surface area contributed by atoms with Crippen LogP contribution < -0.4 is 10.6 Å². The third-order valence-corrected chi connectivity index (χ3v) is 5.34. The van der Waals surface area contributed by atoms with Crippen molar-refractivity contribution in [2.45, 2.75) is 64.3 Å². The topological polar surface area (TPSA) is 56.7 Å². The number of hydrogen-bond acceptors (Lipinski definition) is 2. The molecule has 2 N–H and O–H groups in total. The van der Waals surface area contributed by atoms with Crippen LogP contribution in [0.2, 0.25) is 0 Å². The summed E-state index contributed by atoms with van der Waals surface area (Å²) >= 11 is 0. The second kappa shape index (κ2) is 9.82. The van der Waals surface area contributed by atoms with Gasteiger partial charge < -0.3 is 15.5 Å². The number of hydrogen-bond donors (Lipinski definition) is 2. The fraction of sp³-hybridized carbons (Fsp3) is 0.889. The van der Waals surface area contributed by atoms with E-state index in [0.29, 0.717) is 17.9 Å². The maximum absolute atomic E-state index is 12.6. The molecule has 2 saturated carbocycles. The molecule has 0 spiro atoms. The number of halogens is 1. The minimum absolute atomic E-state index is 0. The van der Waals surface area contributed by atoms with Crippen molar-refractivity contribution < 1.29 is 4.79 Å². The van der Waals surface area contributed by atoms with Gasteiger partial charge in [-0.2, -0.15) is 0 Å². The highest BCUT2D eigenvalue weighted by Crippen LogP contribution is 2.29. The molecule has 3 fully saturated rings. The van der Waals surface area contributed by atoms with Crippen molar-refractivity contribution >= 4 is 35.8 Å². The summed E-state index contributed by atoms with van der Waals surface area (Å²) in [7, 11) is 0. The summed E-state index contributed by atoms with van der Waals surface area (Å²) < 4.78 is 0. The van der Waals surface area contributed by atoms with E-state index in [4.69, 9.17) is 0 Å². The van der Waals surface area contributed by atoms with Crippen LogP contribution in [0, 0.1) is 11.8 Å². The van der Waals surface area contributed by atoms with Crippen molar-refractivity contribution in [2.24, 2.45) is 16.8 Å². The molecule has 0 bridgehead atoms. The Hall–Kier alpha value is -0.530. The van der Waals surface area contributed by atoms with Crippen molar-refractivity contribution in [3.63, 3.8) is 0 Å². The zero-order chi connectivity index (χ0) is 16.1. The summed E-state index contributed by atoms with van der Waals surface area (Å²) in [5.41, 5.74) is 0. The van der Waals surface area contributed by atoms with Crippen molar-refractivity contribution in [3.05, 3.63) is 0 Å². The maximum Gasteiger partial charge on any atom is 0.225 e. The molecule has 1 amide bonds. The summed E-state index contributed by atoms with van der Waals surface area (Å²) in [6.07, 6.45) is 9.64. The standard InChI is InChI=1S/C18H32N4O.HI/c1-2-19-18(20-12-14-8-9-14)21-16-10-11-22(13-16)17(23)15-6-4-3-5-7-15;/h14-16H,2-13H2,1H3,(H2,19,20,21);1H. The second-order valence-corrected chi connectivity index (χ2v) is 7.41. The van der Waals surface area contributed by atoms with Crippen LogP contribution in [-0.2, 0) is 4.79 Å². The van der Waals surface area contributed by atoms with E-state index in [0.717, 1.165) is 57.3 Å². The number of aliphatic imine (C=N–C) groups is 1. The number of nitrogens with zero attached hydrogens (tertiary/aromatic N) is 2. The van der Waals surface area contributed by atoms with Crippen LogP contribution in [0.15, 0.2) is 4.99 Å². The third-order valence-electron chi connectivity index (χ3n) is 5.34. The molecule has 1 heterocycles. The average molecular weight is 448 g/mol. The van der Waals surface area contributed by atoms with Gasteiger partial charge in [-0.3, -0.25) is 9.79 Å². The van der Waals surface area contributed by atoms with Crippen molar-refractivity contribution in [2.75, 3.05) is 26.2 Å². The minimum Gasteiger partial charge on any atom is -0.357 e. The molecule has 24 heavy (non-hydrogen) atoms. The first kappa shape index (κ1) is 19.8. The number of carbonyl (C=O) groups is 1. The van der Waals surface area contributed by atoms with Crippen molar-refractivity contribution in [3.8, 4) is 0 Å². The smallest absolute Gasteiger partial charge is 0.225 e. The number of rotatable bonds is 5. The molecule has 138 valence electrons. The van der Waals surface area contributed by atoms with Gasteiger partial charge in [-0.25, -0.2) is 0 Å². The normalized spacial score (nSPS) is 25.3. The van der Waals surface area contributed by atoms with E-state index in [1.807, 2.05) is 0 Å². The Morgan fingerprint density at radius 2 is 1.88 bits per heavy atom. The lowest BCUT2D eigenvalue weighted by atomic mass is 9.88. The van der Waals surface area contributed by atoms with Crippen molar-refractivity contribution in [1.82, 2.24) is 15.5 Å². The van der Waals surface area contributed by atoms with E-state index in [-0.39, 0.29) is 24.0 Å². The molecule has 3 aliphatic rings. The Labute approximate surface area is 163 Å². The Kier molecular flexibility index (Phi) is 8.10. The summed E-state index contributed by atoms with van der Waals surface area (Å²) in [6.45, 7) is 5.65. The minimum atomic E-state index is 0. The molecule has 1 unspecified atom stereocenters. The zero-order valence-electron chi connectivity index (χ0n) is 14.9. The molecular weight excluding hydrogens is 415 g/mol. The van der Waals surface area contributed by atoms with Crippen LogP contribution in [0.1, 0.15) is 58.3 Å².